The molecule has 2 amide bonds. The number of nitriles is 1. The third kappa shape index (κ3) is 2.15. The van der Waals surface area contributed by atoms with Crippen molar-refractivity contribution in [1.82, 2.24) is 10.2 Å². The fraction of sp³-hybridized carbons (Fsp3) is 0.385. The van der Waals surface area contributed by atoms with Crippen molar-refractivity contribution in [2.45, 2.75) is 12.5 Å². The Morgan fingerprint density at radius 1 is 1.32 bits per heavy atom. The van der Waals surface area contributed by atoms with Crippen molar-refractivity contribution in [3.63, 3.8) is 0 Å². The summed E-state index contributed by atoms with van der Waals surface area (Å²) in [5.74, 6) is 1.42. The lowest BCUT2D eigenvalue weighted by Gasteiger charge is -2.13. The molecule has 1 fully saturated rings. The molecule has 1 aromatic rings. The van der Waals surface area contributed by atoms with E-state index >= 15 is 0 Å². The molecular formula is C13H13N3O3. The first-order chi connectivity index (χ1) is 9.28. The van der Waals surface area contributed by atoms with Crippen LogP contribution in [-0.4, -0.2) is 30.7 Å². The molecule has 0 radical (unpaired) electrons. The number of nitrogens with one attached hydrogen (secondary N) is 1. The maximum atomic E-state index is 11.5. The van der Waals surface area contributed by atoms with E-state index in [1.807, 2.05) is 24.4 Å². The highest BCUT2D eigenvalue weighted by molar-refractivity contribution is 5.78. The summed E-state index contributed by atoms with van der Waals surface area (Å²) in [6.07, 6.45) is 2.70. The van der Waals surface area contributed by atoms with E-state index in [9.17, 15) is 4.79 Å². The van der Waals surface area contributed by atoms with Crippen LogP contribution < -0.4 is 14.8 Å². The molecular weight excluding hydrogens is 246 g/mol. The maximum Gasteiger partial charge on any atom is 0.331 e. The molecule has 0 spiro atoms. The van der Waals surface area contributed by atoms with Crippen molar-refractivity contribution in [2.24, 2.45) is 0 Å². The second kappa shape index (κ2) is 4.69. The SMILES string of the molecule is N#CN1CC(c2ccc3c(c2)OCCCO3)NC1=O. The van der Waals surface area contributed by atoms with E-state index in [1.54, 1.807) is 0 Å². The molecule has 3 rings (SSSR count). The van der Waals surface area contributed by atoms with Crippen molar-refractivity contribution < 1.29 is 14.3 Å². The average molecular weight is 259 g/mol. The van der Waals surface area contributed by atoms with Crippen LogP contribution >= 0.6 is 0 Å². The van der Waals surface area contributed by atoms with Gasteiger partial charge < -0.3 is 14.8 Å². The summed E-state index contributed by atoms with van der Waals surface area (Å²) in [7, 11) is 0. The summed E-state index contributed by atoms with van der Waals surface area (Å²) in [6.45, 7) is 1.61. The van der Waals surface area contributed by atoms with Crippen LogP contribution in [0.3, 0.4) is 0 Å². The number of hydrogen-bond acceptors (Lipinski definition) is 4. The van der Waals surface area contributed by atoms with Crippen molar-refractivity contribution in [3.8, 4) is 17.7 Å². The van der Waals surface area contributed by atoms with E-state index in [2.05, 4.69) is 5.32 Å². The van der Waals surface area contributed by atoms with Gasteiger partial charge in [-0.15, -0.1) is 0 Å². The maximum absolute atomic E-state index is 11.5. The Labute approximate surface area is 110 Å². The van der Waals surface area contributed by atoms with Gasteiger partial charge in [-0.25, -0.2) is 9.69 Å². The molecule has 2 aliphatic heterocycles. The Morgan fingerprint density at radius 3 is 2.84 bits per heavy atom. The molecule has 2 aliphatic rings. The Hall–Kier alpha value is -2.42. The van der Waals surface area contributed by atoms with Gasteiger partial charge in [-0.1, -0.05) is 6.07 Å². The predicted octanol–water partition coefficient (Wildman–Crippen LogP) is 1.40. The largest absolute Gasteiger partial charge is 0.490 e. The van der Waals surface area contributed by atoms with Crippen LogP contribution in [0.2, 0.25) is 0 Å². The normalized spacial score (nSPS) is 21.5. The quantitative estimate of drug-likeness (QED) is 0.773. The molecule has 6 heteroatoms. The van der Waals surface area contributed by atoms with Gasteiger partial charge in [0.05, 0.1) is 25.8 Å². The molecule has 19 heavy (non-hydrogen) atoms. The lowest BCUT2D eigenvalue weighted by molar-refractivity contribution is 0.232. The minimum absolute atomic E-state index is 0.190. The number of fused-ring (bicyclic) bond motifs is 1. The lowest BCUT2D eigenvalue weighted by atomic mass is 10.1. The van der Waals surface area contributed by atoms with E-state index in [-0.39, 0.29) is 12.1 Å². The second-order valence-electron chi connectivity index (χ2n) is 4.47. The highest BCUT2D eigenvalue weighted by Crippen LogP contribution is 2.33. The number of benzene rings is 1. The minimum Gasteiger partial charge on any atom is -0.490 e. The lowest BCUT2D eigenvalue weighted by Crippen LogP contribution is -2.23. The van der Waals surface area contributed by atoms with Crippen LogP contribution in [0.25, 0.3) is 0 Å². The Balaban J connectivity index is 1.85. The number of urea groups is 1. The number of hydrogen-bond donors (Lipinski definition) is 1. The molecule has 2 heterocycles. The summed E-state index contributed by atoms with van der Waals surface area (Å²) in [5, 5.41) is 11.6. The summed E-state index contributed by atoms with van der Waals surface area (Å²) >= 11 is 0. The topological polar surface area (TPSA) is 74.6 Å². The van der Waals surface area contributed by atoms with Crippen LogP contribution in [0, 0.1) is 11.5 Å². The zero-order valence-electron chi connectivity index (χ0n) is 10.3. The smallest absolute Gasteiger partial charge is 0.331 e. The molecule has 1 saturated heterocycles. The van der Waals surface area contributed by atoms with E-state index in [0.29, 0.717) is 25.5 Å². The van der Waals surface area contributed by atoms with Gasteiger partial charge in [-0.05, 0) is 17.7 Å². The van der Waals surface area contributed by atoms with E-state index in [4.69, 9.17) is 14.7 Å². The molecule has 98 valence electrons. The van der Waals surface area contributed by atoms with E-state index in [1.165, 1.54) is 0 Å². The minimum atomic E-state index is -0.361. The first kappa shape index (κ1) is 11.7. The predicted molar refractivity (Wildman–Crippen MR) is 65.6 cm³/mol. The van der Waals surface area contributed by atoms with E-state index < -0.39 is 0 Å². The number of carbonyl (C=O) groups is 1. The number of carbonyl (C=O) groups excluding carboxylic acids is 1. The van der Waals surface area contributed by atoms with Gasteiger partial charge in [-0.2, -0.15) is 5.26 Å². The molecule has 0 aromatic heterocycles. The molecule has 1 atom stereocenters. The number of amides is 2. The van der Waals surface area contributed by atoms with Crippen LogP contribution in [0.4, 0.5) is 4.79 Å². The first-order valence-corrected chi connectivity index (χ1v) is 6.15. The van der Waals surface area contributed by atoms with Gasteiger partial charge in [0.25, 0.3) is 0 Å². The summed E-state index contributed by atoms with van der Waals surface area (Å²) in [5.41, 5.74) is 0.912. The fourth-order valence-electron chi connectivity index (χ4n) is 2.21. The molecule has 1 aromatic carbocycles. The van der Waals surface area contributed by atoms with Crippen LogP contribution in [0.15, 0.2) is 18.2 Å². The molecule has 6 nitrogen and oxygen atoms in total. The third-order valence-corrected chi connectivity index (χ3v) is 3.20. The molecule has 1 unspecified atom stereocenters. The van der Waals surface area contributed by atoms with Crippen LogP contribution in [0.1, 0.15) is 18.0 Å². The highest BCUT2D eigenvalue weighted by atomic mass is 16.5. The van der Waals surface area contributed by atoms with Gasteiger partial charge in [0.1, 0.15) is 0 Å². The van der Waals surface area contributed by atoms with Gasteiger partial charge in [0, 0.05) is 6.42 Å². The van der Waals surface area contributed by atoms with Crippen molar-refractivity contribution >= 4 is 6.03 Å². The summed E-state index contributed by atoms with van der Waals surface area (Å²) in [6, 6.07) is 5.05. The monoisotopic (exact) mass is 259 g/mol. The van der Waals surface area contributed by atoms with Gasteiger partial charge in [0.2, 0.25) is 0 Å². The molecule has 1 N–H and O–H groups in total. The first-order valence-electron chi connectivity index (χ1n) is 6.15. The van der Waals surface area contributed by atoms with Crippen molar-refractivity contribution in [1.29, 1.82) is 5.26 Å². The molecule has 0 aliphatic carbocycles. The highest BCUT2D eigenvalue weighted by Gasteiger charge is 2.30. The van der Waals surface area contributed by atoms with E-state index in [0.717, 1.165) is 22.6 Å². The molecule has 0 saturated carbocycles. The van der Waals surface area contributed by atoms with Crippen molar-refractivity contribution in [3.05, 3.63) is 23.8 Å². The Bertz CT molecular complexity index is 553. The fourth-order valence-corrected chi connectivity index (χ4v) is 2.21. The van der Waals surface area contributed by atoms with Crippen LogP contribution in [0.5, 0.6) is 11.5 Å². The molecule has 0 bridgehead atoms. The zero-order chi connectivity index (χ0) is 13.2. The standard InChI is InChI=1S/C13H13N3O3/c14-8-16-7-10(15-13(16)17)9-2-3-11-12(6-9)19-5-1-4-18-11/h2-3,6,10H,1,4-5,7H2,(H,15,17). The Kier molecular flexibility index (Phi) is 2.88. The van der Waals surface area contributed by atoms with Gasteiger partial charge in [0.15, 0.2) is 17.7 Å². The van der Waals surface area contributed by atoms with Crippen molar-refractivity contribution in [2.75, 3.05) is 19.8 Å². The average Bonchev–Trinajstić information content (AvgIpc) is 2.66. The van der Waals surface area contributed by atoms with Crippen LogP contribution in [-0.2, 0) is 0 Å². The Morgan fingerprint density at radius 2 is 2.11 bits per heavy atom. The van der Waals surface area contributed by atoms with Gasteiger partial charge >= 0.3 is 6.03 Å². The summed E-state index contributed by atoms with van der Waals surface area (Å²) < 4.78 is 11.2. The summed E-state index contributed by atoms with van der Waals surface area (Å²) in [4.78, 5) is 12.6. The number of nitrogens with zero attached hydrogens (tertiary/aromatic N) is 2. The number of rotatable bonds is 1. The number of ether oxygens (including phenoxy) is 2. The third-order valence-electron chi connectivity index (χ3n) is 3.20. The zero-order valence-corrected chi connectivity index (χ0v) is 10.3. The second-order valence-corrected chi connectivity index (χ2v) is 4.47. The van der Waals surface area contributed by atoms with Gasteiger partial charge in [-0.3, -0.25) is 0 Å².